The van der Waals surface area contributed by atoms with Crippen molar-refractivity contribution in [1.29, 1.82) is 5.26 Å². The smallest absolute Gasteiger partial charge is 0.224 e. The number of nitrogens with zero attached hydrogens (tertiary/aromatic N) is 1. The van der Waals surface area contributed by atoms with Crippen LogP contribution in [0.2, 0.25) is 0 Å². The zero-order valence-corrected chi connectivity index (χ0v) is 11.5. The topological polar surface area (TPSA) is 52.9 Å². The summed E-state index contributed by atoms with van der Waals surface area (Å²) in [7, 11) is 0. The molecule has 0 unspecified atom stereocenters. The molecular formula is C13H15BrN2O. The summed E-state index contributed by atoms with van der Waals surface area (Å²) in [4.78, 5) is 11.7. The van der Waals surface area contributed by atoms with E-state index in [1.54, 1.807) is 0 Å². The van der Waals surface area contributed by atoms with E-state index in [1.165, 1.54) is 0 Å². The molecule has 3 nitrogen and oxygen atoms in total. The van der Waals surface area contributed by atoms with Crippen LogP contribution in [0.25, 0.3) is 0 Å². The highest BCUT2D eigenvalue weighted by atomic mass is 79.9. The molecule has 0 radical (unpaired) electrons. The Morgan fingerprint density at radius 1 is 1.59 bits per heavy atom. The number of nitriles is 1. The van der Waals surface area contributed by atoms with E-state index in [1.807, 2.05) is 38.1 Å². The van der Waals surface area contributed by atoms with E-state index < -0.39 is 0 Å². The lowest BCUT2D eigenvalue weighted by atomic mass is 10.1. The fourth-order valence-electron chi connectivity index (χ4n) is 1.54. The highest BCUT2D eigenvalue weighted by molar-refractivity contribution is 9.10. The third-order valence-corrected chi connectivity index (χ3v) is 2.95. The van der Waals surface area contributed by atoms with Gasteiger partial charge in [-0.05, 0) is 37.1 Å². The Balaban J connectivity index is 2.60. The summed E-state index contributed by atoms with van der Waals surface area (Å²) in [5.74, 6) is -0.0434. The molecule has 90 valence electrons. The van der Waals surface area contributed by atoms with E-state index in [4.69, 9.17) is 5.26 Å². The minimum atomic E-state index is -0.0942. The number of rotatable bonds is 4. The van der Waals surface area contributed by atoms with Crippen molar-refractivity contribution in [2.75, 3.05) is 0 Å². The number of amides is 1. The average Bonchev–Trinajstić information content (AvgIpc) is 2.22. The third-order valence-electron chi connectivity index (χ3n) is 2.46. The Kier molecular flexibility index (Phi) is 5.17. The molecule has 4 heteroatoms. The van der Waals surface area contributed by atoms with Crippen LogP contribution in [0.3, 0.4) is 0 Å². The van der Waals surface area contributed by atoms with Crippen molar-refractivity contribution in [2.45, 2.75) is 32.7 Å². The molecule has 1 amide bonds. The van der Waals surface area contributed by atoms with Gasteiger partial charge in [0, 0.05) is 10.5 Å². The van der Waals surface area contributed by atoms with Gasteiger partial charge in [0.1, 0.15) is 0 Å². The normalized spacial score (nSPS) is 11.6. The van der Waals surface area contributed by atoms with Gasteiger partial charge in [-0.2, -0.15) is 5.26 Å². The first-order valence-corrected chi connectivity index (χ1v) is 6.23. The SMILES string of the molecule is Cc1cc(Br)ccc1CC(=O)N[C@@H](C)CC#N. The van der Waals surface area contributed by atoms with Crippen LogP contribution < -0.4 is 5.32 Å². The zero-order chi connectivity index (χ0) is 12.8. The lowest BCUT2D eigenvalue weighted by molar-refractivity contribution is -0.121. The number of hydrogen-bond donors (Lipinski definition) is 1. The molecule has 0 aliphatic carbocycles. The Hall–Kier alpha value is -1.34. The van der Waals surface area contributed by atoms with Crippen molar-refractivity contribution in [3.63, 3.8) is 0 Å². The van der Waals surface area contributed by atoms with Gasteiger partial charge >= 0.3 is 0 Å². The number of carbonyl (C=O) groups is 1. The highest BCUT2D eigenvalue weighted by Gasteiger charge is 2.09. The maximum absolute atomic E-state index is 11.7. The lowest BCUT2D eigenvalue weighted by Crippen LogP contribution is -2.33. The molecule has 0 saturated carbocycles. The summed E-state index contributed by atoms with van der Waals surface area (Å²) in [5, 5.41) is 11.3. The van der Waals surface area contributed by atoms with Crippen molar-refractivity contribution in [3.05, 3.63) is 33.8 Å². The molecule has 0 aromatic heterocycles. The third kappa shape index (κ3) is 4.58. The second-order valence-corrected chi connectivity index (χ2v) is 4.99. The number of benzene rings is 1. The quantitative estimate of drug-likeness (QED) is 0.928. The Morgan fingerprint density at radius 2 is 2.29 bits per heavy atom. The van der Waals surface area contributed by atoms with Gasteiger partial charge < -0.3 is 5.32 Å². The van der Waals surface area contributed by atoms with Crippen molar-refractivity contribution in [1.82, 2.24) is 5.32 Å². The monoisotopic (exact) mass is 294 g/mol. The number of nitrogens with one attached hydrogen (secondary N) is 1. The summed E-state index contributed by atoms with van der Waals surface area (Å²) >= 11 is 3.39. The average molecular weight is 295 g/mol. The Labute approximate surface area is 110 Å². The van der Waals surface area contributed by atoms with Crippen LogP contribution in [-0.4, -0.2) is 11.9 Å². The van der Waals surface area contributed by atoms with E-state index in [2.05, 4.69) is 21.2 Å². The number of hydrogen-bond acceptors (Lipinski definition) is 2. The number of carbonyl (C=O) groups excluding carboxylic acids is 1. The molecule has 1 rings (SSSR count). The first-order valence-electron chi connectivity index (χ1n) is 5.44. The van der Waals surface area contributed by atoms with Crippen LogP contribution in [0.4, 0.5) is 0 Å². The van der Waals surface area contributed by atoms with Gasteiger partial charge in [-0.3, -0.25) is 4.79 Å². The van der Waals surface area contributed by atoms with Crippen LogP contribution in [0.1, 0.15) is 24.5 Å². The molecule has 0 aliphatic heterocycles. The molecule has 17 heavy (non-hydrogen) atoms. The molecule has 0 saturated heterocycles. The maximum Gasteiger partial charge on any atom is 0.224 e. The molecule has 1 aromatic rings. The van der Waals surface area contributed by atoms with Crippen molar-refractivity contribution < 1.29 is 4.79 Å². The van der Waals surface area contributed by atoms with Gasteiger partial charge in [-0.25, -0.2) is 0 Å². The molecule has 0 aliphatic rings. The van der Waals surface area contributed by atoms with Crippen LogP contribution in [0, 0.1) is 18.3 Å². The van der Waals surface area contributed by atoms with Gasteiger partial charge in [0.25, 0.3) is 0 Å². The highest BCUT2D eigenvalue weighted by Crippen LogP contribution is 2.16. The molecule has 0 heterocycles. The standard InChI is InChI=1S/C13H15BrN2O/c1-9-7-12(14)4-3-11(9)8-13(17)16-10(2)5-6-15/h3-4,7,10H,5,8H2,1-2H3,(H,16,17)/t10-/m0/s1. The Bertz CT molecular complexity index is 451. The van der Waals surface area contributed by atoms with Crippen LogP contribution in [-0.2, 0) is 11.2 Å². The number of halogens is 1. The molecule has 1 atom stereocenters. The van der Waals surface area contributed by atoms with E-state index in [9.17, 15) is 4.79 Å². The summed E-state index contributed by atoms with van der Waals surface area (Å²) in [6.45, 7) is 3.81. The van der Waals surface area contributed by atoms with E-state index in [0.29, 0.717) is 12.8 Å². The zero-order valence-electron chi connectivity index (χ0n) is 9.96. The minimum absolute atomic E-state index is 0.0434. The predicted molar refractivity (Wildman–Crippen MR) is 70.4 cm³/mol. The van der Waals surface area contributed by atoms with Gasteiger partial charge in [0.15, 0.2) is 0 Å². The first-order chi connectivity index (χ1) is 8.02. The predicted octanol–water partition coefficient (Wildman–Crippen LogP) is 2.72. The summed E-state index contributed by atoms with van der Waals surface area (Å²) < 4.78 is 1.01. The molecule has 1 N–H and O–H groups in total. The Morgan fingerprint density at radius 3 is 2.88 bits per heavy atom. The van der Waals surface area contributed by atoms with Crippen molar-refractivity contribution in [3.8, 4) is 6.07 Å². The van der Waals surface area contributed by atoms with Gasteiger partial charge in [-0.15, -0.1) is 0 Å². The molecule has 0 fully saturated rings. The van der Waals surface area contributed by atoms with Gasteiger partial charge in [-0.1, -0.05) is 22.0 Å². The van der Waals surface area contributed by atoms with Gasteiger partial charge in [0.05, 0.1) is 18.9 Å². The summed E-state index contributed by atoms with van der Waals surface area (Å²) in [6.07, 6.45) is 0.694. The summed E-state index contributed by atoms with van der Waals surface area (Å²) in [6, 6.07) is 7.79. The molecule has 1 aromatic carbocycles. The van der Waals surface area contributed by atoms with E-state index >= 15 is 0 Å². The maximum atomic E-state index is 11.7. The van der Waals surface area contributed by atoms with Crippen molar-refractivity contribution in [2.24, 2.45) is 0 Å². The first kappa shape index (κ1) is 13.7. The lowest BCUT2D eigenvalue weighted by Gasteiger charge is -2.11. The van der Waals surface area contributed by atoms with E-state index in [0.717, 1.165) is 15.6 Å². The number of aryl methyl sites for hydroxylation is 1. The molecule has 0 spiro atoms. The molecular weight excluding hydrogens is 280 g/mol. The second-order valence-electron chi connectivity index (χ2n) is 4.08. The van der Waals surface area contributed by atoms with Crippen LogP contribution >= 0.6 is 15.9 Å². The largest absolute Gasteiger partial charge is 0.352 e. The van der Waals surface area contributed by atoms with Gasteiger partial charge in [0.2, 0.25) is 5.91 Å². The second kappa shape index (κ2) is 6.41. The van der Waals surface area contributed by atoms with Crippen LogP contribution in [0.5, 0.6) is 0 Å². The van der Waals surface area contributed by atoms with Crippen LogP contribution in [0.15, 0.2) is 22.7 Å². The fourth-order valence-corrected chi connectivity index (χ4v) is 2.02. The minimum Gasteiger partial charge on any atom is -0.352 e. The summed E-state index contributed by atoms with van der Waals surface area (Å²) in [5.41, 5.74) is 2.09. The van der Waals surface area contributed by atoms with E-state index in [-0.39, 0.29) is 11.9 Å². The fraction of sp³-hybridized carbons (Fsp3) is 0.385. The molecule has 0 bridgehead atoms. The van der Waals surface area contributed by atoms with Crippen molar-refractivity contribution >= 4 is 21.8 Å².